The van der Waals surface area contributed by atoms with Crippen molar-refractivity contribution in [3.63, 3.8) is 0 Å². The van der Waals surface area contributed by atoms with Crippen LogP contribution in [-0.4, -0.2) is 11.1 Å². The molecule has 0 amide bonds. The molecule has 0 bridgehead atoms. The summed E-state index contributed by atoms with van der Waals surface area (Å²) in [5, 5.41) is 0. The van der Waals surface area contributed by atoms with Gasteiger partial charge in [0.05, 0.1) is 6.20 Å². The summed E-state index contributed by atoms with van der Waals surface area (Å²) in [5.74, 6) is -70.0. The molecule has 0 saturated heterocycles. The molecule has 0 aliphatic heterocycles. The Morgan fingerprint density at radius 1 is 0.409 bits per heavy atom. The molecule has 66 heavy (non-hydrogen) atoms. The van der Waals surface area contributed by atoms with Crippen LogP contribution >= 0.6 is 0 Å². The van der Waals surface area contributed by atoms with E-state index in [1.807, 2.05) is 61.8 Å². The fourth-order valence-electron chi connectivity index (χ4n) is 7.01. The van der Waals surface area contributed by atoms with Crippen molar-refractivity contribution in [1.29, 1.82) is 0 Å². The number of rotatable bonds is 8. The number of nitrogens with zero attached hydrogens (tertiary/aromatic N) is 2. The van der Waals surface area contributed by atoms with E-state index in [1.54, 1.807) is 6.20 Å². The summed E-state index contributed by atoms with van der Waals surface area (Å²) in [6.45, 7) is 2.82. The Bertz CT molecular complexity index is 2680. The van der Waals surface area contributed by atoms with Crippen LogP contribution in [-0.2, 0) is 6.54 Å². The highest BCUT2D eigenvalue weighted by Crippen LogP contribution is 2.31. The Morgan fingerprint density at radius 3 is 1.05 bits per heavy atom. The summed E-state index contributed by atoms with van der Waals surface area (Å²) in [6.07, 6.45) is -1.60. The van der Waals surface area contributed by atoms with Gasteiger partial charge in [0.1, 0.15) is 58.4 Å². The van der Waals surface area contributed by atoms with Crippen molar-refractivity contribution >= 4 is 28.0 Å². The van der Waals surface area contributed by atoms with Gasteiger partial charge in [-0.25, -0.2) is 92.8 Å². The van der Waals surface area contributed by atoms with Crippen LogP contribution in [0.1, 0.15) is 11.1 Å². The van der Waals surface area contributed by atoms with Gasteiger partial charge in [0.2, 0.25) is 6.20 Å². The summed E-state index contributed by atoms with van der Waals surface area (Å²) < 4.78 is 302. The molecule has 0 radical (unpaired) electrons. The predicted octanol–water partition coefficient (Wildman–Crippen LogP) is 9.36. The number of ether oxygens (including phenoxy) is 1. The average molecular weight is 956 g/mol. The van der Waals surface area contributed by atoms with Crippen molar-refractivity contribution in [2.45, 2.75) is 13.5 Å². The zero-order valence-corrected chi connectivity index (χ0v) is 32.1. The van der Waals surface area contributed by atoms with Crippen molar-refractivity contribution in [2.24, 2.45) is 0 Å². The van der Waals surface area contributed by atoms with Gasteiger partial charge in [-0.2, -0.15) is 4.57 Å². The SMILES string of the molecule is Cc1ccccc1Oc1c[n+](Cc2ccccc2)ccn1.Fc1c(F)c(F)c([B-](c2c(F)c(F)c(F)c(F)c2F)(c2c(F)c(F)c(F)c(F)c2F)c2c(F)c(F)c(F)c(F)c2F)c(F)c1F. The second kappa shape index (κ2) is 18.4. The highest BCUT2D eigenvalue weighted by Gasteiger charge is 2.52. The average Bonchev–Trinajstić information content (AvgIpc) is 3.30. The van der Waals surface area contributed by atoms with E-state index < -0.39 is 144 Å². The summed E-state index contributed by atoms with van der Waals surface area (Å²) in [7, 11) is 0. The Hall–Kier alpha value is -7.14. The predicted molar refractivity (Wildman–Crippen MR) is 190 cm³/mol. The molecule has 0 saturated carbocycles. The fourth-order valence-corrected chi connectivity index (χ4v) is 7.01. The van der Waals surface area contributed by atoms with Crippen LogP contribution in [0.2, 0.25) is 0 Å². The quantitative estimate of drug-likeness (QED) is 0.0500. The molecule has 7 aromatic rings. The normalized spacial score (nSPS) is 11.5. The third-order valence-electron chi connectivity index (χ3n) is 9.96. The molecule has 0 aliphatic carbocycles. The van der Waals surface area contributed by atoms with Crippen LogP contribution in [0.5, 0.6) is 11.6 Å². The van der Waals surface area contributed by atoms with Crippen molar-refractivity contribution in [2.75, 3.05) is 0 Å². The van der Waals surface area contributed by atoms with Gasteiger partial charge in [-0.1, -0.05) is 48.5 Å². The van der Waals surface area contributed by atoms with Gasteiger partial charge >= 0.3 is 0 Å². The van der Waals surface area contributed by atoms with Gasteiger partial charge in [0.25, 0.3) is 5.88 Å². The van der Waals surface area contributed by atoms with E-state index in [0.717, 1.165) is 17.9 Å². The highest BCUT2D eigenvalue weighted by atomic mass is 19.2. The van der Waals surface area contributed by atoms with Crippen LogP contribution in [0.3, 0.4) is 0 Å². The minimum atomic E-state index is -7.22. The molecule has 3 nitrogen and oxygen atoms in total. The molecule has 6 aromatic carbocycles. The largest absolute Gasteiger partial charge is 0.434 e. The lowest BCUT2D eigenvalue weighted by Gasteiger charge is -2.44. The van der Waals surface area contributed by atoms with Crippen LogP contribution < -0.4 is 31.2 Å². The minimum Gasteiger partial charge on any atom is -0.434 e. The third kappa shape index (κ3) is 7.90. The number of benzene rings is 6. The number of hydrogen-bond acceptors (Lipinski definition) is 2. The summed E-state index contributed by atoms with van der Waals surface area (Å²) in [6, 6.07) is 18.3. The topological polar surface area (TPSA) is 26.0 Å². The summed E-state index contributed by atoms with van der Waals surface area (Å²) >= 11 is 0. The lowest BCUT2D eigenvalue weighted by molar-refractivity contribution is -0.689. The Kier molecular flexibility index (Phi) is 13.5. The number of aryl methyl sites for hydroxylation is 1. The number of halogens is 20. The Labute approximate surface area is 355 Å². The zero-order chi connectivity index (χ0) is 48.8. The summed E-state index contributed by atoms with van der Waals surface area (Å²) in [5.41, 5.74) is -12.0. The maximum Gasteiger partial charge on any atom is 0.285 e. The van der Waals surface area contributed by atoms with Crippen LogP contribution in [0, 0.1) is 123 Å². The molecule has 0 N–H and O–H groups in total. The van der Waals surface area contributed by atoms with E-state index in [0.29, 0.717) is 5.88 Å². The van der Waals surface area contributed by atoms with E-state index in [4.69, 9.17) is 4.74 Å². The molecular formula is C42H17BF20N2O. The monoisotopic (exact) mass is 956 g/mol. The zero-order valence-electron chi connectivity index (χ0n) is 32.1. The van der Waals surface area contributed by atoms with E-state index >= 15 is 35.1 Å². The number of hydrogen-bond donors (Lipinski definition) is 0. The maximum absolute atomic E-state index is 15.4. The molecule has 7 rings (SSSR count). The number of aromatic nitrogens is 2. The molecule has 344 valence electrons. The fraction of sp³-hybridized carbons (Fsp3) is 0.0476. The van der Waals surface area contributed by atoms with Crippen LogP contribution in [0.15, 0.2) is 73.2 Å². The van der Waals surface area contributed by atoms with Gasteiger partial charge in [-0.3, -0.25) is 0 Å². The van der Waals surface area contributed by atoms with Crippen molar-refractivity contribution in [3.05, 3.63) is 201 Å². The van der Waals surface area contributed by atoms with E-state index in [1.165, 1.54) is 5.56 Å². The van der Waals surface area contributed by atoms with Crippen molar-refractivity contribution in [1.82, 2.24) is 4.98 Å². The molecule has 0 unspecified atom stereocenters. The van der Waals surface area contributed by atoms with Crippen molar-refractivity contribution < 1.29 is 97.1 Å². The van der Waals surface area contributed by atoms with Crippen LogP contribution in [0.25, 0.3) is 0 Å². The second-order valence-electron chi connectivity index (χ2n) is 13.7. The van der Waals surface area contributed by atoms with Gasteiger partial charge in [0.15, 0.2) is 82.5 Å². The molecular weight excluding hydrogens is 939 g/mol. The molecule has 0 fully saturated rings. The Balaban J connectivity index is 0.000000284. The molecule has 24 heteroatoms. The molecule has 0 aliphatic rings. The highest BCUT2D eigenvalue weighted by molar-refractivity contribution is 7.20. The summed E-state index contributed by atoms with van der Waals surface area (Å²) in [4.78, 5) is 4.27. The smallest absolute Gasteiger partial charge is 0.285 e. The van der Waals surface area contributed by atoms with E-state index in [2.05, 4.69) is 21.7 Å². The second-order valence-corrected chi connectivity index (χ2v) is 13.7. The third-order valence-corrected chi connectivity index (χ3v) is 9.96. The first-order valence-corrected chi connectivity index (χ1v) is 17.9. The molecule has 0 atom stereocenters. The van der Waals surface area contributed by atoms with Crippen LogP contribution in [0.4, 0.5) is 87.8 Å². The molecule has 0 spiro atoms. The van der Waals surface area contributed by atoms with Gasteiger partial charge in [-0.05, 0) is 18.6 Å². The van der Waals surface area contributed by atoms with E-state index in [9.17, 15) is 52.7 Å². The minimum absolute atomic E-state index is 0.600. The first kappa shape index (κ1) is 48.3. The molecule has 1 heterocycles. The molecule has 1 aromatic heterocycles. The lowest BCUT2D eigenvalue weighted by Crippen LogP contribution is -2.81. The Morgan fingerprint density at radius 2 is 0.712 bits per heavy atom. The standard InChI is InChI=1S/C24BF20.C18H17N2O/c26-5-1(6(27)14(35)21(42)13(5)34)25(2-7(28)15(36)22(43)16(37)8(2)29,3-9(30)17(38)23(44)18(39)10(3)31)4-11(32)19(40)24(45)20(41)12(4)33;1-15-7-5-6-10-17(15)21-18-14-20(12-11-19-18)13-16-8-3-2-4-9-16/h;2-12,14H,13H2,1H3/q-1;+1. The lowest BCUT2D eigenvalue weighted by atomic mass is 9.12. The van der Waals surface area contributed by atoms with Gasteiger partial charge < -0.3 is 4.74 Å². The van der Waals surface area contributed by atoms with Gasteiger partial charge in [-0.15, -0.1) is 21.9 Å². The maximum atomic E-state index is 15.4. The van der Waals surface area contributed by atoms with E-state index in [-0.39, 0.29) is 0 Å². The van der Waals surface area contributed by atoms with Crippen molar-refractivity contribution in [3.8, 4) is 11.6 Å². The number of para-hydroxylation sites is 1. The van der Waals surface area contributed by atoms with Gasteiger partial charge in [0, 0.05) is 5.56 Å². The first-order chi connectivity index (χ1) is 31.0. The first-order valence-electron chi connectivity index (χ1n) is 17.9.